The lowest BCUT2D eigenvalue weighted by molar-refractivity contribution is -0.139. The first-order valence-corrected chi connectivity index (χ1v) is 6.70. The number of phenolic OH excluding ortho intramolecular Hbond substituents is 1. The van der Waals surface area contributed by atoms with E-state index in [1.807, 2.05) is 0 Å². The molecular formula is C14H20N2O6. The number of β-amino-alcohol motifs (C(OH)–C–C–N with tert-alkyl or cyclic N) is 1. The lowest BCUT2D eigenvalue weighted by atomic mass is 10.1. The summed E-state index contributed by atoms with van der Waals surface area (Å²) in [6.07, 6.45) is 0.122. The summed E-state index contributed by atoms with van der Waals surface area (Å²) >= 11 is 0. The van der Waals surface area contributed by atoms with Gasteiger partial charge in [-0.25, -0.2) is 0 Å². The second kappa shape index (κ2) is 8.32. The molecule has 0 amide bonds. The monoisotopic (exact) mass is 312 g/mol. The highest BCUT2D eigenvalue weighted by molar-refractivity contribution is 5.74. The van der Waals surface area contributed by atoms with Gasteiger partial charge in [0.25, 0.3) is 0 Å². The van der Waals surface area contributed by atoms with Gasteiger partial charge in [0.15, 0.2) is 0 Å². The molecule has 122 valence electrons. The molecule has 7 N–H and O–H groups in total. The molecule has 1 fully saturated rings. The van der Waals surface area contributed by atoms with Crippen LogP contribution in [0.3, 0.4) is 0 Å². The Hall–Kier alpha value is -2.16. The predicted molar refractivity (Wildman–Crippen MR) is 77.5 cm³/mol. The molecule has 0 radical (unpaired) electrons. The number of nitrogens with two attached hydrogens (primary N) is 1. The molecule has 0 aliphatic carbocycles. The summed E-state index contributed by atoms with van der Waals surface area (Å²) in [6, 6.07) is 4.88. The van der Waals surface area contributed by atoms with Crippen molar-refractivity contribution in [2.24, 2.45) is 5.73 Å². The Kier molecular flexibility index (Phi) is 6.77. The Bertz CT molecular complexity index is 505. The van der Waals surface area contributed by atoms with E-state index in [-0.39, 0.29) is 12.2 Å². The highest BCUT2D eigenvalue weighted by atomic mass is 16.4. The van der Waals surface area contributed by atoms with Crippen molar-refractivity contribution in [3.8, 4) is 5.75 Å². The quantitative estimate of drug-likeness (QED) is 0.420. The molecule has 1 aliphatic heterocycles. The Morgan fingerprint density at radius 3 is 2.23 bits per heavy atom. The zero-order chi connectivity index (χ0) is 16.7. The second-order valence-corrected chi connectivity index (χ2v) is 5.00. The van der Waals surface area contributed by atoms with Crippen molar-refractivity contribution in [3.05, 3.63) is 29.8 Å². The van der Waals surface area contributed by atoms with Gasteiger partial charge in [0.2, 0.25) is 0 Å². The first-order valence-electron chi connectivity index (χ1n) is 6.70. The first-order chi connectivity index (χ1) is 10.3. The van der Waals surface area contributed by atoms with Crippen molar-refractivity contribution in [2.75, 3.05) is 6.54 Å². The SMILES string of the molecule is NC(Cc1ccc(O)cc1)C(=O)O.O=C(O)[C@@H]1CC(O)CN1. The van der Waals surface area contributed by atoms with Crippen LogP contribution in [0, 0.1) is 0 Å². The number of rotatable bonds is 4. The molecule has 2 unspecified atom stereocenters. The molecule has 1 saturated heterocycles. The third-order valence-corrected chi connectivity index (χ3v) is 3.11. The van der Waals surface area contributed by atoms with Gasteiger partial charge in [-0.3, -0.25) is 9.59 Å². The Morgan fingerprint density at radius 2 is 1.86 bits per heavy atom. The lowest BCUT2D eigenvalue weighted by Gasteiger charge is -2.05. The fourth-order valence-corrected chi connectivity index (χ4v) is 1.88. The number of aromatic hydroxyl groups is 1. The van der Waals surface area contributed by atoms with Crippen LogP contribution in [0.25, 0.3) is 0 Å². The number of hydrogen-bond acceptors (Lipinski definition) is 6. The molecule has 3 atom stereocenters. The molecule has 0 aromatic heterocycles. The normalized spacial score (nSPS) is 21.5. The van der Waals surface area contributed by atoms with E-state index in [9.17, 15) is 9.59 Å². The molecule has 0 saturated carbocycles. The highest BCUT2D eigenvalue weighted by Gasteiger charge is 2.27. The summed E-state index contributed by atoms with van der Waals surface area (Å²) in [6.45, 7) is 0.400. The summed E-state index contributed by atoms with van der Waals surface area (Å²) in [4.78, 5) is 20.6. The number of benzene rings is 1. The van der Waals surface area contributed by atoms with E-state index >= 15 is 0 Å². The predicted octanol–water partition coefficient (Wildman–Crippen LogP) is -0.860. The Balaban J connectivity index is 0.000000235. The largest absolute Gasteiger partial charge is 0.508 e. The lowest BCUT2D eigenvalue weighted by Crippen LogP contribution is -2.32. The highest BCUT2D eigenvalue weighted by Crippen LogP contribution is 2.10. The van der Waals surface area contributed by atoms with E-state index in [0.717, 1.165) is 5.56 Å². The molecule has 0 bridgehead atoms. The molecule has 1 heterocycles. The number of aliphatic carboxylic acids is 2. The number of hydrogen-bond donors (Lipinski definition) is 6. The summed E-state index contributed by atoms with van der Waals surface area (Å²) in [5.41, 5.74) is 6.12. The summed E-state index contributed by atoms with van der Waals surface area (Å²) in [5.74, 6) is -1.74. The molecule has 8 nitrogen and oxygen atoms in total. The molecular weight excluding hydrogens is 292 g/mol. The van der Waals surface area contributed by atoms with E-state index in [4.69, 9.17) is 26.2 Å². The van der Waals surface area contributed by atoms with E-state index in [1.54, 1.807) is 12.1 Å². The minimum atomic E-state index is -1.02. The topological polar surface area (TPSA) is 153 Å². The zero-order valence-corrected chi connectivity index (χ0v) is 11.8. The van der Waals surface area contributed by atoms with Crippen LogP contribution in [0.15, 0.2) is 24.3 Å². The number of carboxylic acid groups (broad SMARTS) is 2. The first kappa shape index (κ1) is 17.9. The van der Waals surface area contributed by atoms with Gasteiger partial charge < -0.3 is 31.5 Å². The zero-order valence-electron chi connectivity index (χ0n) is 11.8. The molecule has 1 aromatic carbocycles. The fraction of sp³-hybridized carbons (Fsp3) is 0.429. The number of phenols is 1. The Labute approximate surface area is 127 Å². The number of carbonyl (C=O) groups is 2. The van der Waals surface area contributed by atoms with Crippen LogP contribution in [-0.4, -0.2) is 57.1 Å². The van der Waals surface area contributed by atoms with Crippen LogP contribution in [0.1, 0.15) is 12.0 Å². The van der Waals surface area contributed by atoms with E-state index < -0.39 is 30.1 Å². The van der Waals surface area contributed by atoms with Crippen molar-refractivity contribution in [2.45, 2.75) is 31.0 Å². The van der Waals surface area contributed by atoms with Crippen LogP contribution in [-0.2, 0) is 16.0 Å². The second-order valence-electron chi connectivity index (χ2n) is 5.00. The standard InChI is InChI=1S/C9H11NO3.C5H9NO3/c10-8(9(12)13)5-6-1-3-7(11)4-2-6;7-3-1-4(5(8)9)6-2-3/h1-4,8,11H,5,10H2,(H,12,13);3-4,6-7H,1-2H2,(H,8,9)/t;3?,4-/m.0/s1. The van der Waals surface area contributed by atoms with Crippen LogP contribution in [0.4, 0.5) is 0 Å². The van der Waals surface area contributed by atoms with Crippen LogP contribution < -0.4 is 11.1 Å². The van der Waals surface area contributed by atoms with Gasteiger partial charge in [-0.15, -0.1) is 0 Å². The number of nitrogens with one attached hydrogen (secondary N) is 1. The molecule has 1 aliphatic rings. The van der Waals surface area contributed by atoms with Crippen molar-refractivity contribution in [3.63, 3.8) is 0 Å². The van der Waals surface area contributed by atoms with Gasteiger partial charge in [0, 0.05) is 13.0 Å². The fourth-order valence-electron chi connectivity index (χ4n) is 1.88. The van der Waals surface area contributed by atoms with Gasteiger partial charge in [-0.05, 0) is 24.1 Å². The minimum absolute atomic E-state index is 0.160. The summed E-state index contributed by atoms with van der Waals surface area (Å²) in [7, 11) is 0. The minimum Gasteiger partial charge on any atom is -0.508 e. The van der Waals surface area contributed by atoms with Gasteiger partial charge in [-0.2, -0.15) is 0 Å². The summed E-state index contributed by atoms with van der Waals surface area (Å²) in [5, 5.41) is 37.3. The van der Waals surface area contributed by atoms with Gasteiger partial charge in [0.1, 0.15) is 17.8 Å². The molecule has 8 heteroatoms. The van der Waals surface area contributed by atoms with E-state index in [2.05, 4.69) is 5.32 Å². The van der Waals surface area contributed by atoms with Crippen LogP contribution in [0.5, 0.6) is 5.75 Å². The van der Waals surface area contributed by atoms with Crippen molar-refractivity contribution >= 4 is 11.9 Å². The van der Waals surface area contributed by atoms with Crippen LogP contribution >= 0.6 is 0 Å². The third kappa shape index (κ3) is 6.08. The van der Waals surface area contributed by atoms with Crippen molar-refractivity contribution < 1.29 is 30.0 Å². The average molecular weight is 312 g/mol. The molecule has 0 spiro atoms. The average Bonchev–Trinajstić information content (AvgIpc) is 2.89. The van der Waals surface area contributed by atoms with E-state index in [0.29, 0.717) is 13.0 Å². The molecule has 22 heavy (non-hydrogen) atoms. The van der Waals surface area contributed by atoms with Crippen LogP contribution in [0.2, 0.25) is 0 Å². The van der Waals surface area contributed by atoms with Gasteiger partial charge in [-0.1, -0.05) is 12.1 Å². The van der Waals surface area contributed by atoms with E-state index in [1.165, 1.54) is 12.1 Å². The number of aliphatic hydroxyl groups excluding tert-OH is 1. The van der Waals surface area contributed by atoms with Crippen molar-refractivity contribution in [1.82, 2.24) is 5.32 Å². The summed E-state index contributed by atoms with van der Waals surface area (Å²) < 4.78 is 0. The maximum atomic E-state index is 10.4. The third-order valence-electron chi connectivity index (χ3n) is 3.11. The number of aliphatic hydroxyl groups is 1. The molecule has 2 rings (SSSR count). The number of carboxylic acids is 2. The van der Waals surface area contributed by atoms with Gasteiger partial charge >= 0.3 is 11.9 Å². The smallest absolute Gasteiger partial charge is 0.320 e. The maximum Gasteiger partial charge on any atom is 0.320 e. The van der Waals surface area contributed by atoms with Gasteiger partial charge in [0.05, 0.1) is 6.10 Å². The Morgan fingerprint density at radius 1 is 1.27 bits per heavy atom. The van der Waals surface area contributed by atoms with Crippen molar-refractivity contribution in [1.29, 1.82) is 0 Å². The molecule has 1 aromatic rings. The maximum absolute atomic E-state index is 10.4.